The van der Waals surface area contributed by atoms with E-state index in [4.69, 9.17) is 4.74 Å². The third kappa shape index (κ3) is 1.64. The van der Waals surface area contributed by atoms with Crippen LogP contribution in [0.4, 0.5) is 0 Å². The number of aryl methyl sites for hydroxylation is 1. The number of hydrogen-bond acceptors (Lipinski definition) is 3. The molecule has 0 aliphatic carbocycles. The lowest BCUT2D eigenvalue weighted by molar-refractivity contribution is -0.117. The summed E-state index contributed by atoms with van der Waals surface area (Å²) in [5.74, 6) is 0. The average Bonchev–Trinajstić information content (AvgIpc) is 2.59. The highest BCUT2D eigenvalue weighted by Gasteiger charge is 2.45. The van der Waals surface area contributed by atoms with Crippen molar-refractivity contribution in [3.05, 3.63) is 29.6 Å². The maximum Gasteiger partial charge on any atom is 0.111 e. The van der Waals surface area contributed by atoms with E-state index in [9.17, 15) is 5.11 Å². The number of aliphatic hydroxyl groups is 1. The van der Waals surface area contributed by atoms with Gasteiger partial charge in [-0.3, -0.25) is 4.98 Å². The molecule has 3 heterocycles. The van der Waals surface area contributed by atoms with Crippen LogP contribution in [-0.2, 0) is 10.3 Å². The Bertz CT molecular complexity index is 375. The maximum absolute atomic E-state index is 10.7. The fraction of sp³-hybridized carbons (Fsp3) is 0.615. The standard InChI is InChI=1S/C13H17NO2/c1-9-2-5-12(14-8-9)13(15)6-10-3-4-11(7-13)16-10/h2,5,8,10-11,15H,3-4,6-7H2,1H3. The largest absolute Gasteiger partial charge is 0.383 e. The fourth-order valence-electron chi connectivity index (χ4n) is 2.87. The maximum atomic E-state index is 10.7. The van der Waals surface area contributed by atoms with Crippen LogP contribution >= 0.6 is 0 Å². The third-order valence-corrected chi connectivity index (χ3v) is 3.71. The topological polar surface area (TPSA) is 42.4 Å². The summed E-state index contributed by atoms with van der Waals surface area (Å²) >= 11 is 0. The molecule has 3 rings (SSSR count). The lowest BCUT2D eigenvalue weighted by atomic mass is 9.86. The van der Waals surface area contributed by atoms with E-state index >= 15 is 0 Å². The van der Waals surface area contributed by atoms with E-state index in [2.05, 4.69) is 4.98 Å². The van der Waals surface area contributed by atoms with Gasteiger partial charge in [0.2, 0.25) is 0 Å². The molecule has 16 heavy (non-hydrogen) atoms. The molecule has 3 heteroatoms. The average molecular weight is 219 g/mol. The van der Waals surface area contributed by atoms with Crippen LogP contribution in [0.15, 0.2) is 18.3 Å². The molecule has 2 unspecified atom stereocenters. The summed E-state index contributed by atoms with van der Waals surface area (Å²) in [6.07, 6.45) is 5.83. The second-order valence-corrected chi connectivity index (χ2v) is 5.12. The first-order valence-corrected chi connectivity index (χ1v) is 5.97. The monoisotopic (exact) mass is 219 g/mol. The van der Waals surface area contributed by atoms with Gasteiger partial charge in [0.25, 0.3) is 0 Å². The highest BCUT2D eigenvalue weighted by Crippen LogP contribution is 2.43. The lowest BCUT2D eigenvalue weighted by Crippen LogP contribution is -2.39. The first kappa shape index (κ1) is 10.2. The Kier molecular flexibility index (Phi) is 2.26. The number of ether oxygens (including phenoxy) is 1. The summed E-state index contributed by atoms with van der Waals surface area (Å²) in [6, 6.07) is 3.96. The molecule has 0 spiro atoms. The third-order valence-electron chi connectivity index (χ3n) is 3.71. The second kappa shape index (κ2) is 3.54. The van der Waals surface area contributed by atoms with Gasteiger partial charge in [0.1, 0.15) is 5.60 Å². The molecule has 2 aliphatic rings. The molecule has 2 bridgehead atoms. The molecule has 2 aliphatic heterocycles. The minimum Gasteiger partial charge on any atom is -0.383 e. The number of fused-ring (bicyclic) bond motifs is 2. The van der Waals surface area contributed by atoms with Gasteiger partial charge in [-0.25, -0.2) is 0 Å². The van der Waals surface area contributed by atoms with Gasteiger partial charge in [-0.05, 0) is 31.4 Å². The number of aromatic nitrogens is 1. The van der Waals surface area contributed by atoms with E-state index < -0.39 is 5.60 Å². The molecule has 0 aromatic carbocycles. The number of hydrogen-bond donors (Lipinski definition) is 1. The van der Waals surface area contributed by atoms with Crippen molar-refractivity contribution in [1.82, 2.24) is 4.98 Å². The molecule has 2 saturated heterocycles. The molecule has 1 N–H and O–H groups in total. The first-order valence-electron chi connectivity index (χ1n) is 5.97. The van der Waals surface area contributed by atoms with Crippen LogP contribution in [0, 0.1) is 6.92 Å². The Balaban J connectivity index is 1.90. The van der Waals surface area contributed by atoms with Crippen molar-refractivity contribution >= 4 is 0 Å². The zero-order valence-electron chi connectivity index (χ0n) is 9.52. The lowest BCUT2D eigenvalue weighted by Gasteiger charge is -2.35. The van der Waals surface area contributed by atoms with E-state index in [0.717, 1.165) is 24.1 Å². The summed E-state index contributed by atoms with van der Waals surface area (Å²) < 4.78 is 5.75. The van der Waals surface area contributed by atoms with E-state index in [1.165, 1.54) is 0 Å². The molecule has 2 fully saturated rings. The van der Waals surface area contributed by atoms with Crippen LogP contribution in [0.1, 0.15) is 36.9 Å². The molecular weight excluding hydrogens is 202 g/mol. The highest BCUT2D eigenvalue weighted by atomic mass is 16.5. The number of nitrogens with zero attached hydrogens (tertiary/aromatic N) is 1. The van der Waals surface area contributed by atoms with Crippen molar-refractivity contribution < 1.29 is 9.84 Å². The van der Waals surface area contributed by atoms with Gasteiger partial charge in [-0.1, -0.05) is 6.07 Å². The summed E-state index contributed by atoms with van der Waals surface area (Å²) in [7, 11) is 0. The van der Waals surface area contributed by atoms with Crippen LogP contribution in [0.25, 0.3) is 0 Å². The normalized spacial score (nSPS) is 37.6. The molecule has 3 nitrogen and oxygen atoms in total. The molecule has 0 radical (unpaired) electrons. The van der Waals surface area contributed by atoms with E-state index in [1.54, 1.807) is 0 Å². The van der Waals surface area contributed by atoms with E-state index in [-0.39, 0.29) is 12.2 Å². The smallest absolute Gasteiger partial charge is 0.111 e. The van der Waals surface area contributed by atoms with Gasteiger partial charge < -0.3 is 9.84 Å². The minimum atomic E-state index is -0.766. The van der Waals surface area contributed by atoms with Gasteiger partial charge in [0.05, 0.1) is 17.9 Å². The summed E-state index contributed by atoms with van der Waals surface area (Å²) in [6.45, 7) is 2.01. The summed E-state index contributed by atoms with van der Waals surface area (Å²) in [5, 5.41) is 10.7. The summed E-state index contributed by atoms with van der Waals surface area (Å²) in [4.78, 5) is 4.36. The van der Waals surface area contributed by atoms with E-state index in [1.807, 2.05) is 25.3 Å². The zero-order chi connectivity index (χ0) is 11.2. The summed E-state index contributed by atoms with van der Waals surface area (Å²) in [5.41, 5.74) is 1.17. The van der Waals surface area contributed by atoms with Gasteiger partial charge in [-0.15, -0.1) is 0 Å². The van der Waals surface area contributed by atoms with Crippen LogP contribution < -0.4 is 0 Å². The SMILES string of the molecule is Cc1ccc(C2(O)CC3CCC(C2)O3)nc1. The van der Waals surface area contributed by atoms with Crippen molar-refractivity contribution in [3.8, 4) is 0 Å². The van der Waals surface area contributed by atoms with Crippen molar-refractivity contribution in [2.45, 2.75) is 50.4 Å². The molecule has 1 aromatic rings. The van der Waals surface area contributed by atoms with Gasteiger partial charge in [-0.2, -0.15) is 0 Å². The first-order chi connectivity index (χ1) is 7.66. The quantitative estimate of drug-likeness (QED) is 0.784. The Hall–Kier alpha value is -0.930. The Morgan fingerprint density at radius 1 is 1.31 bits per heavy atom. The Morgan fingerprint density at radius 3 is 2.56 bits per heavy atom. The van der Waals surface area contributed by atoms with Gasteiger partial charge in [0, 0.05) is 19.0 Å². The van der Waals surface area contributed by atoms with Crippen LogP contribution in [0.3, 0.4) is 0 Å². The number of pyridine rings is 1. The molecule has 0 saturated carbocycles. The van der Waals surface area contributed by atoms with Crippen LogP contribution in [0.2, 0.25) is 0 Å². The van der Waals surface area contributed by atoms with Crippen molar-refractivity contribution in [3.63, 3.8) is 0 Å². The fourth-order valence-corrected chi connectivity index (χ4v) is 2.87. The molecule has 1 aromatic heterocycles. The van der Waals surface area contributed by atoms with Gasteiger partial charge in [0.15, 0.2) is 0 Å². The Labute approximate surface area is 95.5 Å². The molecule has 2 atom stereocenters. The predicted octanol–water partition coefficient (Wildman–Crippen LogP) is 1.92. The van der Waals surface area contributed by atoms with E-state index in [0.29, 0.717) is 12.8 Å². The molecular formula is C13H17NO2. The highest BCUT2D eigenvalue weighted by molar-refractivity contribution is 5.19. The van der Waals surface area contributed by atoms with Crippen LogP contribution in [-0.4, -0.2) is 22.3 Å². The van der Waals surface area contributed by atoms with Gasteiger partial charge >= 0.3 is 0 Å². The van der Waals surface area contributed by atoms with Crippen molar-refractivity contribution in [2.24, 2.45) is 0 Å². The van der Waals surface area contributed by atoms with Crippen molar-refractivity contribution in [2.75, 3.05) is 0 Å². The second-order valence-electron chi connectivity index (χ2n) is 5.12. The van der Waals surface area contributed by atoms with Crippen LogP contribution in [0.5, 0.6) is 0 Å². The molecule has 86 valence electrons. The number of rotatable bonds is 1. The minimum absolute atomic E-state index is 0.229. The zero-order valence-corrected chi connectivity index (χ0v) is 9.52. The predicted molar refractivity (Wildman–Crippen MR) is 60.0 cm³/mol. The molecule has 0 amide bonds. The van der Waals surface area contributed by atoms with Crippen molar-refractivity contribution in [1.29, 1.82) is 0 Å². The Morgan fingerprint density at radius 2 is 2.00 bits per heavy atom.